The van der Waals surface area contributed by atoms with E-state index in [1.807, 2.05) is 78.6 Å². The molecule has 3 heterocycles. The molecule has 1 amide bonds. The van der Waals surface area contributed by atoms with Crippen LogP contribution in [0.3, 0.4) is 0 Å². The van der Waals surface area contributed by atoms with Gasteiger partial charge in [0.05, 0.1) is 24.4 Å². The monoisotopic (exact) mass is 540 g/mol. The summed E-state index contributed by atoms with van der Waals surface area (Å²) in [5.41, 5.74) is 3.65. The van der Waals surface area contributed by atoms with Gasteiger partial charge in [-0.05, 0) is 67.2 Å². The smallest absolute Gasteiger partial charge is 0.338 e. The number of aryl methyl sites for hydroxylation is 1. The van der Waals surface area contributed by atoms with Crippen LogP contribution in [0.15, 0.2) is 89.5 Å². The minimum atomic E-state index is -0.445. The first-order valence-electron chi connectivity index (χ1n) is 12.6. The van der Waals surface area contributed by atoms with Crippen molar-refractivity contribution in [3.05, 3.63) is 108 Å². The van der Waals surface area contributed by atoms with E-state index in [0.29, 0.717) is 34.3 Å². The Balaban J connectivity index is 1.43. The Kier molecular flexibility index (Phi) is 7.69. The van der Waals surface area contributed by atoms with Crippen LogP contribution >= 0.6 is 12.2 Å². The van der Waals surface area contributed by atoms with Gasteiger partial charge in [0.2, 0.25) is 5.91 Å². The van der Waals surface area contributed by atoms with Gasteiger partial charge < -0.3 is 24.7 Å². The standard InChI is InChI=1S/C30H28N4O4S/c1-19-8-7-9-20(18-19)32-26(35)15-17-34-28(27(33-30(34)39)23-12-5-6-16-31-23)25-14-13-24(38-25)21-10-3-4-11-22(21)29(36)37-2/h3-14,16,18,27-28H,15,17H2,1-2H3,(H,32,35)(H,33,39)/t27-,28+/m1/s1. The van der Waals surface area contributed by atoms with Crippen molar-refractivity contribution < 1.29 is 18.7 Å². The number of carbonyl (C=O) groups excluding carboxylic acids is 2. The van der Waals surface area contributed by atoms with E-state index in [2.05, 4.69) is 15.6 Å². The van der Waals surface area contributed by atoms with Crippen molar-refractivity contribution in [3.63, 3.8) is 0 Å². The maximum absolute atomic E-state index is 12.8. The molecule has 5 rings (SSSR count). The van der Waals surface area contributed by atoms with Crippen molar-refractivity contribution in [2.75, 3.05) is 19.0 Å². The number of anilines is 1. The van der Waals surface area contributed by atoms with Crippen LogP contribution < -0.4 is 10.6 Å². The Morgan fingerprint density at radius 2 is 1.90 bits per heavy atom. The number of rotatable bonds is 8. The first-order valence-corrected chi connectivity index (χ1v) is 13.0. The van der Waals surface area contributed by atoms with E-state index in [0.717, 1.165) is 16.9 Å². The average molecular weight is 541 g/mol. The van der Waals surface area contributed by atoms with Crippen LogP contribution in [0.5, 0.6) is 0 Å². The summed E-state index contributed by atoms with van der Waals surface area (Å²) in [6, 6.07) is 23.6. The summed E-state index contributed by atoms with van der Waals surface area (Å²) in [6.45, 7) is 2.35. The lowest BCUT2D eigenvalue weighted by atomic mass is 10.0. The predicted octanol–water partition coefficient (Wildman–Crippen LogP) is 5.44. The largest absolute Gasteiger partial charge is 0.465 e. The number of hydrogen-bond donors (Lipinski definition) is 2. The number of thiocarbonyl (C=S) groups is 1. The van der Waals surface area contributed by atoms with Crippen molar-refractivity contribution in [1.29, 1.82) is 0 Å². The zero-order chi connectivity index (χ0) is 27.4. The summed E-state index contributed by atoms with van der Waals surface area (Å²) in [6.07, 6.45) is 1.95. The van der Waals surface area contributed by atoms with Gasteiger partial charge in [0.1, 0.15) is 17.6 Å². The van der Waals surface area contributed by atoms with Gasteiger partial charge in [0.15, 0.2) is 5.11 Å². The molecule has 0 unspecified atom stereocenters. The second-order valence-corrected chi connectivity index (χ2v) is 9.61. The summed E-state index contributed by atoms with van der Waals surface area (Å²) < 4.78 is 11.3. The number of esters is 1. The number of hydrogen-bond acceptors (Lipinski definition) is 6. The summed E-state index contributed by atoms with van der Waals surface area (Å²) in [7, 11) is 1.35. The van der Waals surface area contributed by atoms with Crippen molar-refractivity contribution in [2.24, 2.45) is 0 Å². The van der Waals surface area contributed by atoms with Crippen molar-refractivity contribution in [2.45, 2.75) is 25.4 Å². The summed E-state index contributed by atoms with van der Waals surface area (Å²) >= 11 is 5.72. The molecule has 1 saturated heterocycles. The van der Waals surface area contributed by atoms with Crippen molar-refractivity contribution in [3.8, 4) is 11.3 Å². The first-order chi connectivity index (χ1) is 18.9. The molecule has 4 aromatic rings. The molecular formula is C30H28N4O4S. The minimum Gasteiger partial charge on any atom is -0.465 e. The van der Waals surface area contributed by atoms with Crippen molar-refractivity contribution >= 4 is 34.9 Å². The van der Waals surface area contributed by atoms with Crippen LogP contribution in [0.1, 0.15) is 45.9 Å². The highest BCUT2D eigenvalue weighted by Gasteiger charge is 2.41. The Morgan fingerprint density at radius 3 is 2.67 bits per heavy atom. The quantitative estimate of drug-likeness (QED) is 0.225. The molecule has 2 atom stereocenters. The normalized spacial score (nSPS) is 16.6. The van der Waals surface area contributed by atoms with Gasteiger partial charge in [-0.1, -0.05) is 36.4 Å². The third-order valence-corrected chi connectivity index (χ3v) is 6.95. The number of benzene rings is 2. The number of methoxy groups -OCH3 is 1. The molecule has 0 spiro atoms. The molecule has 198 valence electrons. The lowest BCUT2D eigenvalue weighted by molar-refractivity contribution is -0.116. The lowest BCUT2D eigenvalue weighted by Gasteiger charge is -2.25. The highest BCUT2D eigenvalue weighted by atomic mass is 32.1. The maximum atomic E-state index is 12.8. The Morgan fingerprint density at radius 1 is 1.08 bits per heavy atom. The second kappa shape index (κ2) is 11.5. The summed E-state index contributed by atoms with van der Waals surface area (Å²) in [4.78, 5) is 31.7. The van der Waals surface area contributed by atoms with Crippen LogP contribution in [-0.4, -0.2) is 40.5 Å². The van der Waals surface area contributed by atoms with Gasteiger partial charge in [-0.15, -0.1) is 0 Å². The topological polar surface area (TPSA) is 96.7 Å². The summed E-state index contributed by atoms with van der Waals surface area (Å²) in [5, 5.41) is 6.83. The molecule has 2 aromatic carbocycles. The maximum Gasteiger partial charge on any atom is 0.338 e. The zero-order valence-corrected chi connectivity index (χ0v) is 22.4. The van der Waals surface area contributed by atoms with E-state index in [-0.39, 0.29) is 24.4 Å². The van der Waals surface area contributed by atoms with Crippen LogP contribution in [0, 0.1) is 6.92 Å². The van der Waals surface area contributed by atoms with Gasteiger partial charge in [-0.3, -0.25) is 9.78 Å². The molecule has 1 aliphatic heterocycles. The van der Waals surface area contributed by atoms with E-state index in [9.17, 15) is 9.59 Å². The molecule has 0 radical (unpaired) electrons. The van der Waals surface area contributed by atoms with Gasteiger partial charge in [0, 0.05) is 30.4 Å². The number of nitrogens with zero attached hydrogens (tertiary/aromatic N) is 2. The Hall–Kier alpha value is -4.50. The second-order valence-electron chi connectivity index (χ2n) is 9.23. The third kappa shape index (κ3) is 5.68. The van der Waals surface area contributed by atoms with E-state index >= 15 is 0 Å². The molecule has 39 heavy (non-hydrogen) atoms. The third-order valence-electron chi connectivity index (χ3n) is 6.60. The number of pyridine rings is 1. The van der Waals surface area contributed by atoms with Crippen LogP contribution in [0.25, 0.3) is 11.3 Å². The number of aromatic nitrogens is 1. The molecule has 2 N–H and O–H groups in total. The SMILES string of the molecule is COC(=O)c1ccccc1-c1ccc([C@H]2[C@@H](c3ccccn3)NC(=S)N2CCC(=O)Nc2cccc(C)c2)o1. The number of carbonyl (C=O) groups is 2. The molecule has 8 nitrogen and oxygen atoms in total. The average Bonchev–Trinajstić information content (AvgIpc) is 3.56. The molecule has 2 aromatic heterocycles. The van der Waals surface area contributed by atoms with E-state index in [4.69, 9.17) is 21.4 Å². The first kappa shape index (κ1) is 26.1. The molecule has 0 bridgehead atoms. The molecule has 1 aliphatic rings. The number of nitrogens with one attached hydrogen (secondary N) is 2. The van der Waals surface area contributed by atoms with Crippen LogP contribution in [-0.2, 0) is 9.53 Å². The van der Waals surface area contributed by atoms with Crippen molar-refractivity contribution in [1.82, 2.24) is 15.2 Å². The molecule has 1 fully saturated rings. The fourth-order valence-electron chi connectivity index (χ4n) is 4.77. The van der Waals surface area contributed by atoms with Crippen LogP contribution in [0.4, 0.5) is 5.69 Å². The molecular weight excluding hydrogens is 512 g/mol. The molecule has 0 saturated carbocycles. The van der Waals surface area contributed by atoms with Gasteiger partial charge in [-0.2, -0.15) is 0 Å². The Labute approximate surface area is 232 Å². The summed E-state index contributed by atoms with van der Waals surface area (Å²) in [5.74, 6) is 0.600. The Bertz CT molecular complexity index is 1500. The van der Waals surface area contributed by atoms with Crippen LogP contribution in [0.2, 0.25) is 0 Å². The molecule has 0 aliphatic carbocycles. The van der Waals surface area contributed by atoms with Gasteiger partial charge in [-0.25, -0.2) is 4.79 Å². The van der Waals surface area contributed by atoms with Gasteiger partial charge in [0.25, 0.3) is 0 Å². The van der Waals surface area contributed by atoms with Gasteiger partial charge >= 0.3 is 5.97 Å². The number of furan rings is 1. The zero-order valence-electron chi connectivity index (χ0n) is 21.6. The predicted molar refractivity (Wildman–Crippen MR) is 152 cm³/mol. The highest BCUT2D eigenvalue weighted by molar-refractivity contribution is 7.80. The fraction of sp³-hybridized carbons (Fsp3) is 0.200. The fourth-order valence-corrected chi connectivity index (χ4v) is 5.10. The minimum absolute atomic E-state index is 0.115. The number of ether oxygens (including phenoxy) is 1. The van der Waals surface area contributed by atoms with E-state index in [1.54, 1.807) is 18.3 Å². The van der Waals surface area contributed by atoms with E-state index in [1.165, 1.54) is 7.11 Å². The lowest BCUT2D eigenvalue weighted by Crippen LogP contribution is -2.32. The highest BCUT2D eigenvalue weighted by Crippen LogP contribution is 2.41. The number of amides is 1. The van der Waals surface area contributed by atoms with E-state index < -0.39 is 5.97 Å². The molecule has 9 heteroatoms.